The van der Waals surface area contributed by atoms with Crippen molar-refractivity contribution in [3.8, 4) is 0 Å². The molecule has 0 fully saturated rings. The lowest BCUT2D eigenvalue weighted by atomic mass is 10.0. The third-order valence-corrected chi connectivity index (χ3v) is 3.52. The third-order valence-electron chi connectivity index (χ3n) is 3.52. The Hall–Kier alpha value is -1.68. The number of nitrogens with zero attached hydrogens (tertiary/aromatic N) is 3. The molecular formula is C16H24N4. The van der Waals surface area contributed by atoms with Crippen molar-refractivity contribution in [3.63, 3.8) is 0 Å². The van der Waals surface area contributed by atoms with E-state index in [1.807, 2.05) is 18.5 Å². The van der Waals surface area contributed by atoms with Gasteiger partial charge in [0.2, 0.25) is 0 Å². The molecule has 0 aliphatic rings. The van der Waals surface area contributed by atoms with E-state index in [9.17, 15) is 0 Å². The summed E-state index contributed by atoms with van der Waals surface area (Å²) >= 11 is 0. The Labute approximate surface area is 121 Å². The zero-order valence-corrected chi connectivity index (χ0v) is 12.8. The number of benzene rings is 1. The molecule has 20 heavy (non-hydrogen) atoms. The van der Waals surface area contributed by atoms with E-state index in [-0.39, 0.29) is 6.04 Å². The first kappa shape index (κ1) is 14.7. The lowest BCUT2D eigenvalue weighted by molar-refractivity contribution is 0.430. The van der Waals surface area contributed by atoms with Crippen LogP contribution in [0.5, 0.6) is 0 Å². The molecule has 0 saturated carbocycles. The van der Waals surface area contributed by atoms with Crippen molar-refractivity contribution in [1.29, 1.82) is 0 Å². The lowest BCUT2D eigenvalue weighted by Gasteiger charge is -2.21. The monoisotopic (exact) mass is 272 g/mol. The maximum atomic E-state index is 4.48. The van der Waals surface area contributed by atoms with Crippen LogP contribution in [-0.4, -0.2) is 21.3 Å². The van der Waals surface area contributed by atoms with Crippen molar-refractivity contribution in [1.82, 2.24) is 20.1 Å². The molecule has 0 bridgehead atoms. The molecular weight excluding hydrogens is 248 g/mol. The molecule has 0 aliphatic carbocycles. The van der Waals surface area contributed by atoms with Crippen LogP contribution in [0, 0.1) is 20.8 Å². The van der Waals surface area contributed by atoms with Gasteiger partial charge in [0.25, 0.3) is 0 Å². The van der Waals surface area contributed by atoms with Crippen LogP contribution in [0.4, 0.5) is 0 Å². The van der Waals surface area contributed by atoms with Crippen LogP contribution in [0.3, 0.4) is 0 Å². The highest BCUT2D eigenvalue weighted by atomic mass is 15.3. The molecule has 1 heterocycles. The lowest BCUT2D eigenvalue weighted by Crippen LogP contribution is -2.27. The zero-order valence-electron chi connectivity index (χ0n) is 12.8. The van der Waals surface area contributed by atoms with E-state index in [2.05, 4.69) is 53.5 Å². The molecule has 0 radical (unpaired) electrons. The van der Waals surface area contributed by atoms with Gasteiger partial charge in [-0.05, 0) is 44.9 Å². The van der Waals surface area contributed by atoms with Gasteiger partial charge in [0.1, 0.15) is 11.6 Å². The number of hydrogen-bond donors (Lipinski definition) is 1. The van der Waals surface area contributed by atoms with E-state index in [1.54, 1.807) is 0 Å². The van der Waals surface area contributed by atoms with Gasteiger partial charge in [0.05, 0.1) is 12.6 Å². The van der Waals surface area contributed by atoms with Gasteiger partial charge in [-0.3, -0.25) is 0 Å². The standard InChI is InChI=1S/C16H24N4/c1-5-10-17-16(15-9-7-6-8-12(15)2)11-20-14(4)18-13(3)19-20/h6-9,16-17H,5,10-11H2,1-4H3. The molecule has 1 unspecified atom stereocenters. The minimum Gasteiger partial charge on any atom is -0.308 e. The summed E-state index contributed by atoms with van der Waals surface area (Å²) in [4.78, 5) is 4.38. The minimum absolute atomic E-state index is 0.274. The van der Waals surface area contributed by atoms with Gasteiger partial charge >= 0.3 is 0 Å². The molecule has 2 aromatic rings. The van der Waals surface area contributed by atoms with E-state index >= 15 is 0 Å². The second-order valence-electron chi connectivity index (χ2n) is 5.25. The summed E-state index contributed by atoms with van der Waals surface area (Å²) in [5.74, 6) is 1.81. The second kappa shape index (κ2) is 6.66. The molecule has 0 saturated heterocycles. The normalized spacial score (nSPS) is 12.6. The van der Waals surface area contributed by atoms with E-state index in [0.717, 1.165) is 31.2 Å². The highest BCUT2D eigenvalue weighted by Gasteiger charge is 2.15. The molecule has 108 valence electrons. The second-order valence-corrected chi connectivity index (χ2v) is 5.25. The number of aromatic nitrogens is 3. The predicted molar refractivity (Wildman–Crippen MR) is 81.7 cm³/mol. The average Bonchev–Trinajstić information content (AvgIpc) is 2.73. The minimum atomic E-state index is 0.274. The molecule has 4 nitrogen and oxygen atoms in total. The zero-order chi connectivity index (χ0) is 14.5. The topological polar surface area (TPSA) is 42.7 Å². The number of hydrogen-bond acceptors (Lipinski definition) is 3. The van der Waals surface area contributed by atoms with Crippen molar-refractivity contribution in [2.75, 3.05) is 6.54 Å². The van der Waals surface area contributed by atoms with Crippen molar-refractivity contribution in [3.05, 3.63) is 47.0 Å². The first-order chi connectivity index (χ1) is 9.61. The molecule has 1 aromatic heterocycles. The summed E-state index contributed by atoms with van der Waals surface area (Å²) in [6.45, 7) is 10.1. The Kier molecular flexibility index (Phi) is 4.90. The molecule has 4 heteroatoms. The third kappa shape index (κ3) is 3.45. The van der Waals surface area contributed by atoms with E-state index in [0.29, 0.717) is 0 Å². The Balaban J connectivity index is 2.24. The molecule has 0 spiro atoms. The molecule has 1 atom stereocenters. The summed E-state index contributed by atoms with van der Waals surface area (Å²) in [5.41, 5.74) is 2.66. The SMILES string of the molecule is CCCNC(Cn1nc(C)nc1C)c1ccccc1C. The van der Waals surface area contributed by atoms with Gasteiger partial charge in [-0.15, -0.1) is 0 Å². The van der Waals surface area contributed by atoms with Crippen molar-refractivity contribution in [2.45, 2.75) is 46.7 Å². The van der Waals surface area contributed by atoms with Gasteiger partial charge in [0, 0.05) is 0 Å². The van der Waals surface area contributed by atoms with Crippen LogP contribution in [0.2, 0.25) is 0 Å². The Morgan fingerprint density at radius 1 is 1.20 bits per heavy atom. The van der Waals surface area contributed by atoms with Crippen molar-refractivity contribution < 1.29 is 0 Å². The van der Waals surface area contributed by atoms with Crippen LogP contribution in [-0.2, 0) is 6.54 Å². The fraction of sp³-hybridized carbons (Fsp3) is 0.500. The molecule has 0 amide bonds. The average molecular weight is 272 g/mol. The summed E-state index contributed by atoms with van der Waals surface area (Å²) in [6, 6.07) is 8.82. The maximum Gasteiger partial charge on any atom is 0.147 e. The summed E-state index contributed by atoms with van der Waals surface area (Å²) in [7, 11) is 0. The molecule has 0 aliphatic heterocycles. The van der Waals surface area contributed by atoms with Gasteiger partial charge in [-0.1, -0.05) is 31.2 Å². The van der Waals surface area contributed by atoms with Crippen LogP contribution in [0.1, 0.15) is 42.2 Å². The van der Waals surface area contributed by atoms with Crippen LogP contribution in [0.25, 0.3) is 0 Å². The van der Waals surface area contributed by atoms with Gasteiger partial charge in [-0.2, -0.15) is 5.10 Å². The largest absolute Gasteiger partial charge is 0.308 e. The van der Waals surface area contributed by atoms with E-state index < -0.39 is 0 Å². The van der Waals surface area contributed by atoms with Crippen LogP contribution in [0.15, 0.2) is 24.3 Å². The summed E-state index contributed by atoms with van der Waals surface area (Å²) < 4.78 is 2.00. The molecule has 1 N–H and O–H groups in total. The smallest absolute Gasteiger partial charge is 0.147 e. The highest BCUT2D eigenvalue weighted by Crippen LogP contribution is 2.19. The Morgan fingerprint density at radius 3 is 2.55 bits per heavy atom. The highest BCUT2D eigenvalue weighted by molar-refractivity contribution is 5.28. The number of aryl methyl sites for hydroxylation is 3. The van der Waals surface area contributed by atoms with Gasteiger partial charge in [-0.25, -0.2) is 9.67 Å². The first-order valence-corrected chi connectivity index (χ1v) is 7.28. The fourth-order valence-corrected chi connectivity index (χ4v) is 2.48. The van der Waals surface area contributed by atoms with Crippen molar-refractivity contribution >= 4 is 0 Å². The number of rotatable bonds is 6. The first-order valence-electron chi connectivity index (χ1n) is 7.28. The van der Waals surface area contributed by atoms with Gasteiger partial charge in [0.15, 0.2) is 0 Å². The quantitative estimate of drug-likeness (QED) is 0.879. The van der Waals surface area contributed by atoms with E-state index in [4.69, 9.17) is 0 Å². The van der Waals surface area contributed by atoms with Crippen LogP contribution >= 0.6 is 0 Å². The van der Waals surface area contributed by atoms with Crippen molar-refractivity contribution in [2.24, 2.45) is 0 Å². The maximum absolute atomic E-state index is 4.48. The van der Waals surface area contributed by atoms with Gasteiger partial charge < -0.3 is 5.32 Å². The predicted octanol–water partition coefficient (Wildman–Crippen LogP) is 2.94. The fourth-order valence-electron chi connectivity index (χ4n) is 2.48. The molecule has 1 aromatic carbocycles. The Morgan fingerprint density at radius 2 is 1.95 bits per heavy atom. The number of nitrogens with one attached hydrogen (secondary N) is 1. The molecule has 2 rings (SSSR count). The summed E-state index contributed by atoms with van der Waals surface area (Å²) in [5, 5.41) is 8.10. The van der Waals surface area contributed by atoms with Crippen LogP contribution < -0.4 is 5.32 Å². The van der Waals surface area contributed by atoms with E-state index in [1.165, 1.54) is 11.1 Å². The summed E-state index contributed by atoms with van der Waals surface area (Å²) in [6.07, 6.45) is 1.12. The Bertz CT molecular complexity index is 559.